The number of alkyl halides is 11. The monoisotopic (exact) mass is 370 g/mol. The molecule has 0 bridgehead atoms. The Morgan fingerprint density at radius 3 is 1.26 bits per heavy atom. The molecule has 0 saturated carbocycles. The van der Waals surface area contributed by atoms with Gasteiger partial charge in [0.15, 0.2) is 0 Å². The summed E-state index contributed by atoms with van der Waals surface area (Å²) in [6.45, 7) is 0.328. The normalized spacial score (nSPS) is 16.2. The minimum atomic E-state index is -6.43. The Morgan fingerprint density at radius 1 is 0.652 bits per heavy atom. The van der Waals surface area contributed by atoms with E-state index in [2.05, 4.69) is 4.74 Å². The lowest BCUT2D eigenvalue weighted by Crippen LogP contribution is -2.64. The van der Waals surface area contributed by atoms with Crippen molar-refractivity contribution >= 4 is 0 Å². The van der Waals surface area contributed by atoms with Crippen LogP contribution in [0.1, 0.15) is 27.7 Å². The van der Waals surface area contributed by atoms with Crippen LogP contribution in [0.4, 0.5) is 48.3 Å². The molecule has 0 aromatic carbocycles. The van der Waals surface area contributed by atoms with Crippen molar-refractivity contribution in [2.24, 2.45) is 5.92 Å². The van der Waals surface area contributed by atoms with Gasteiger partial charge in [-0.3, -0.25) is 0 Å². The molecule has 0 aliphatic carbocycles. The highest BCUT2D eigenvalue weighted by Gasteiger charge is 2.77. The quantitative estimate of drug-likeness (QED) is 0.561. The molecule has 140 valence electrons. The smallest absolute Gasteiger partial charge is 0.303 e. The van der Waals surface area contributed by atoms with Gasteiger partial charge in [0.2, 0.25) is 0 Å². The molecule has 0 spiro atoms. The molecule has 0 rings (SSSR count). The molecule has 0 aliphatic rings. The molecule has 12 heteroatoms. The molecule has 1 nitrogen and oxygen atoms in total. The standard InChI is InChI=1S/C11H13F11O/c1-5(2)7(12,13)9(16,17)11(21,22)23-6(3,4)8(14,15)10(18,19)20/h5H,1-4H3. The summed E-state index contributed by atoms with van der Waals surface area (Å²) in [5, 5.41) is 0. The molecule has 23 heavy (non-hydrogen) atoms. The summed E-state index contributed by atoms with van der Waals surface area (Å²) in [5.74, 6) is -20.1. The molecule has 0 atom stereocenters. The fourth-order valence-corrected chi connectivity index (χ4v) is 1.35. The molecule has 0 saturated heterocycles. The second-order valence-electron chi connectivity index (χ2n) is 5.55. The summed E-state index contributed by atoms with van der Waals surface area (Å²) in [7, 11) is 0. The minimum Gasteiger partial charge on any atom is -0.303 e. The van der Waals surface area contributed by atoms with Crippen molar-refractivity contribution in [3.63, 3.8) is 0 Å². The maximum absolute atomic E-state index is 13.3. The minimum absolute atomic E-state index is 0.266. The number of rotatable bonds is 6. The highest BCUT2D eigenvalue weighted by Crippen LogP contribution is 2.54. The van der Waals surface area contributed by atoms with Crippen molar-refractivity contribution < 1.29 is 53.0 Å². The molecule has 0 amide bonds. The van der Waals surface area contributed by atoms with E-state index in [1.165, 1.54) is 0 Å². The maximum Gasteiger partial charge on any atom is 0.456 e. The van der Waals surface area contributed by atoms with Crippen molar-refractivity contribution in [3.05, 3.63) is 0 Å². The van der Waals surface area contributed by atoms with Gasteiger partial charge in [0.05, 0.1) is 0 Å². The lowest BCUT2D eigenvalue weighted by atomic mass is 9.96. The zero-order valence-corrected chi connectivity index (χ0v) is 12.1. The average Bonchev–Trinajstić information content (AvgIpc) is 2.24. The number of ether oxygens (including phenoxy) is 1. The van der Waals surface area contributed by atoms with Crippen molar-refractivity contribution in [2.45, 2.75) is 63.3 Å². The first-order valence-corrected chi connectivity index (χ1v) is 5.93. The van der Waals surface area contributed by atoms with Crippen molar-refractivity contribution in [2.75, 3.05) is 0 Å². The van der Waals surface area contributed by atoms with Gasteiger partial charge in [-0.2, -0.15) is 48.3 Å². The van der Waals surface area contributed by atoms with Gasteiger partial charge >= 0.3 is 30.1 Å². The molecular weight excluding hydrogens is 357 g/mol. The molecule has 0 fully saturated rings. The van der Waals surface area contributed by atoms with Gasteiger partial charge < -0.3 is 4.74 Å². The average molecular weight is 370 g/mol. The number of hydrogen-bond donors (Lipinski definition) is 0. The van der Waals surface area contributed by atoms with Gasteiger partial charge in [-0.15, -0.1) is 0 Å². The Kier molecular flexibility index (Phi) is 5.43. The van der Waals surface area contributed by atoms with Gasteiger partial charge in [0, 0.05) is 5.92 Å². The maximum atomic E-state index is 13.3. The predicted molar refractivity (Wildman–Crippen MR) is 55.8 cm³/mol. The molecule has 0 aromatic rings. The van der Waals surface area contributed by atoms with Crippen molar-refractivity contribution in [1.29, 1.82) is 0 Å². The first kappa shape index (κ1) is 22.2. The van der Waals surface area contributed by atoms with Gasteiger partial charge in [-0.1, -0.05) is 13.8 Å². The first-order valence-electron chi connectivity index (χ1n) is 5.93. The Labute approximate surface area is 123 Å². The third-order valence-electron chi connectivity index (χ3n) is 3.00. The highest BCUT2D eigenvalue weighted by atomic mass is 19.4. The lowest BCUT2D eigenvalue weighted by molar-refractivity contribution is -0.453. The molecule has 0 radical (unpaired) electrons. The Morgan fingerprint density at radius 2 is 1.00 bits per heavy atom. The van der Waals surface area contributed by atoms with E-state index in [9.17, 15) is 48.3 Å². The second-order valence-corrected chi connectivity index (χ2v) is 5.55. The SMILES string of the molecule is CC(C)C(F)(F)C(F)(F)C(F)(F)OC(C)(C)C(F)(F)C(F)(F)F. The van der Waals surface area contributed by atoms with E-state index in [0.29, 0.717) is 13.8 Å². The van der Waals surface area contributed by atoms with Crippen LogP contribution in [-0.2, 0) is 4.74 Å². The summed E-state index contributed by atoms with van der Waals surface area (Å²) in [4.78, 5) is 0. The topological polar surface area (TPSA) is 9.23 Å². The van der Waals surface area contributed by atoms with Gasteiger partial charge in [0.1, 0.15) is 5.60 Å². The zero-order valence-electron chi connectivity index (χ0n) is 12.1. The van der Waals surface area contributed by atoms with Crippen LogP contribution < -0.4 is 0 Å². The van der Waals surface area contributed by atoms with Crippen molar-refractivity contribution in [3.8, 4) is 0 Å². The highest BCUT2D eigenvalue weighted by molar-refractivity contribution is 4.99. The third-order valence-corrected chi connectivity index (χ3v) is 3.00. The van der Waals surface area contributed by atoms with E-state index in [1.807, 2.05) is 0 Å². The van der Waals surface area contributed by atoms with Crippen LogP contribution in [0, 0.1) is 5.92 Å². The molecular formula is C11H13F11O. The summed E-state index contributed by atoms with van der Waals surface area (Å²) in [6.07, 6.45) is -12.7. The van der Waals surface area contributed by atoms with E-state index < -0.39 is 41.6 Å². The Bertz CT molecular complexity index is 422. The summed E-state index contributed by atoms with van der Waals surface area (Å²) in [6, 6.07) is 0. The predicted octanol–water partition coefficient (Wildman–Crippen LogP) is 5.50. The van der Waals surface area contributed by atoms with Crippen molar-refractivity contribution in [1.82, 2.24) is 0 Å². The van der Waals surface area contributed by atoms with Crippen LogP contribution in [0.15, 0.2) is 0 Å². The van der Waals surface area contributed by atoms with Crippen LogP contribution in [0.2, 0.25) is 0 Å². The van der Waals surface area contributed by atoms with Crippen LogP contribution in [0.3, 0.4) is 0 Å². The van der Waals surface area contributed by atoms with Crippen LogP contribution in [0.5, 0.6) is 0 Å². The number of halogens is 11. The lowest BCUT2D eigenvalue weighted by Gasteiger charge is -2.41. The molecule has 0 heterocycles. The molecule has 0 aromatic heterocycles. The van der Waals surface area contributed by atoms with E-state index in [-0.39, 0.29) is 13.8 Å². The van der Waals surface area contributed by atoms with E-state index >= 15 is 0 Å². The van der Waals surface area contributed by atoms with Gasteiger partial charge in [-0.25, -0.2) is 0 Å². The molecule has 0 N–H and O–H groups in total. The first-order chi connectivity index (χ1) is 9.65. The van der Waals surface area contributed by atoms with Crippen LogP contribution in [-0.4, -0.2) is 35.7 Å². The second kappa shape index (κ2) is 5.62. The number of hydrogen-bond acceptors (Lipinski definition) is 1. The van der Waals surface area contributed by atoms with Gasteiger partial charge in [0.25, 0.3) is 0 Å². The Balaban J connectivity index is 5.82. The Hall–Kier alpha value is -0.810. The van der Waals surface area contributed by atoms with Gasteiger partial charge in [-0.05, 0) is 13.8 Å². The van der Waals surface area contributed by atoms with E-state index in [1.54, 1.807) is 0 Å². The summed E-state index contributed by atoms with van der Waals surface area (Å²) in [5.41, 5.74) is -4.24. The summed E-state index contributed by atoms with van der Waals surface area (Å²) < 4.78 is 145. The molecule has 0 unspecified atom stereocenters. The fraction of sp³-hybridized carbons (Fsp3) is 1.00. The zero-order chi connectivity index (χ0) is 19.3. The largest absolute Gasteiger partial charge is 0.456 e. The molecule has 0 aliphatic heterocycles. The van der Waals surface area contributed by atoms with E-state index in [4.69, 9.17) is 0 Å². The fourth-order valence-electron chi connectivity index (χ4n) is 1.35. The van der Waals surface area contributed by atoms with E-state index in [0.717, 1.165) is 0 Å². The summed E-state index contributed by atoms with van der Waals surface area (Å²) >= 11 is 0. The van der Waals surface area contributed by atoms with Crippen LogP contribution >= 0.6 is 0 Å². The van der Waals surface area contributed by atoms with Crippen LogP contribution in [0.25, 0.3) is 0 Å². The third kappa shape index (κ3) is 3.50.